The van der Waals surface area contributed by atoms with Gasteiger partial charge in [0, 0.05) is 47.9 Å². The molecule has 1 fully saturated rings. The third kappa shape index (κ3) is 6.86. The molecule has 2 heterocycles. The van der Waals surface area contributed by atoms with Crippen LogP contribution >= 0.6 is 11.8 Å². The zero-order chi connectivity index (χ0) is 30.6. The van der Waals surface area contributed by atoms with Crippen molar-refractivity contribution in [3.63, 3.8) is 0 Å². The second-order valence-corrected chi connectivity index (χ2v) is 11.3. The molecule has 0 unspecified atom stereocenters. The normalized spacial score (nSPS) is 17.8. The number of rotatable bonds is 12. The Morgan fingerprint density at radius 2 is 1.52 bits per heavy atom. The summed E-state index contributed by atoms with van der Waals surface area (Å²) in [5, 5.41) is 34.7. The molecule has 2 aromatic rings. The van der Waals surface area contributed by atoms with E-state index in [1.165, 1.54) is 79.0 Å². The lowest BCUT2D eigenvalue weighted by Crippen LogP contribution is -2.65. The minimum atomic E-state index is -1.29. The number of nitrogens with zero attached hydrogens (tertiary/aromatic N) is 3. The Bertz CT molecular complexity index is 1420. The van der Waals surface area contributed by atoms with Crippen molar-refractivity contribution in [3.05, 3.63) is 90.5 Å². The van der Waals surface area contributed by atoms with Crippen LogP contribution in [-0.4, -0.2) is 61.8 Å². The van der Waals surface area contributed by atoms with Gasteiger partial charge in [0.1, 0.15) is 18.9 Å². The van der Waals surface area contributed by atoms with Crippen LogP contribution in [0.25, 0.3) is 0 Å². The number of benzene rings is 2. The summed E-state index contributed by atoms with van der Waals surface area (Å²) in [5.41, 5.74) is -0.277. The van der Waals surface area contributed by atoms with Gasteiger partial charge in [-0.05, 0) is 49.2 Å². The number of hydrogen-bond acceptors (Lipinski definition) is 11. The van der Waals surface area contributed by atoms with E-state index in [4.69, 9.17) is 9.47 Å². The van der Waals surface area contributed by atoms with Crippen molar-refractivity contribution >= 4 is 41.1 Å². The minimum absolute atomic E-state index is 0.0728. The van der Waals surface area contributed by atoms with Crippen LogP contribution in [0.5, 0.6) is 0 Å². The van der Waals surface area contributed by atoms with E-state index in [1.54, 1.807) is 0 Å². The summed E-state index contributed by atoms with van der Waals surface area (Å²) in [6.45, 7) is 3.01. The van der Waals surface area contributed by atoms with Crippen LogP contribution in [0.1, 0.15) is 31.4 Å². The molecular formula is C27H28N4O10S. The highest BCUT2D eigenvalue weighted by molar-refractivity contribution is 8.03. The molecule has 1 saturated heterocycles. The van der Waals surface area contributed by atoms with E-state index in [2.05, 4.69) is 5.32 Å². The molecule has 42 heavy (non-hydrogen) atoms. The molecule has 2 atom stereocenters. The number of non-ortho nitro benzene ring substituents is 2. The van der Waals surface area contributed by atoms with Gasteiger partial charge in [-0.3, -0.25) is 25.0 Å². The first-order valence-corrected chi connectivity index (χ1v) is 13.8. The van der Waals surface area contributed by atoms with E-state index in [-0.39, 0.29) is 36.8 Å². The van der Waals surface area contributed by atoms with Gasteiger partial charge in [0.15, 0.2) is 0 Å². The Morgan fingerprint density at radius 3 is 2.02 bits per heavy atom. The lowest BCUT2D eigenvalue weighted by Gasteiger charge is -2.48. The van der Waals surface area contributed by atoms with Gasteiger partial charge < -0.3 is 24.8 Å². The summed E-state index contributed by atoms with van der Waals surface area (Å²) in [4.78, 5) is 60.6. The van der Waals surface area contributed by atoms with E-state index < -0.39 is 45.4 Å². The van der Waals surface area contributed by atoms with E-state index in [0.717, 1.165) is 0 Å². The van der Waals surface area contributed by atoms with E-state index in [0.29, 0.717) is 28.2 Å². The number of carbonyl (C=O) groups is 3. The molecule has 2 amide bonds. The summed E-state index contributed by atoms with van der Waals surface area (Å²) in [5.74, 6) is -1.49. The van der Waals surface area contributed by atoms with Crippen molar-refractivity contribution < 1.29 is 38.8 Å². The van der Waals surface area contributed by atoms with Crippen molar-refractivity contribution in [2.75, 3.05) is 12.3 Å². The number of nitro benzene ring substituents is 2. The number of nitro groups is 2. The van der Waals surface area contributed by atoms with Crippen molar-refractivity contribution in [1.82, 2.24) is 10.2 Å². The first-order valence-electron chi connectivity index (χ1n) is 12.8. The molecule has 0 radical (unpaired) electrons. The van der Waals surface area contributed by atoms with Gasteiger partial charge in [0.2, 0.25) is 5.91 Å². The molecule has 0 spiro atoms. The minimum Gasteiger partial charge on any atom is -0.456 e. The maximum Gasteiger partial charge on any atom is 0.407 e. The predicted molar refractivity (Wildman–Crippen MR) is 149 cm³/mol. The highest BCUT2D eigenvalue weighted by Gasteiger charge is 2.60. The highest BCUT2D eigenvalue weighted by atomic mass is 32.2. The number of thioether (sulfide) groups is 1. The van der Waals surface area contributed by atoms with Crippen LogP contribution in [0.3, 0.4) is 0 Å². The number of fused-ring (bicyclic) bond motifs is 1. The van der Waals surface area contributed by atoms with Gasteiger partial charge in [-0.2, -0.15) is 0 Å². The van der Waals surface area contributed by atoms with Gasteiger partial charge in [-0.1, -0.05) is 0 Å². The third-order valence-corrected chi connectivity index (χ3v) is 7.87. The van der Waals surface area contributed by atoms with Crippen molar-refractivity contribution in [2.45, 2.75) is 45.1 Å². The molecule has 0 aliphatic carbocycles. The molecule has 14 nitrogen and oxygen atoms in total. The highest BCUT2D eigenvalue weighted by Crippen LogP contribution is 2.49. The number of β-lactam (4-membered cyclic amide) rings is 1. The average Bonchev–Trinajstić information content (AvgIpc) is 3.26. The van der Waals surface area contributed by atoms with Gasteiger partial charge in [0.05, 0.1) is 27.4 Å². The quantitative estimate of drug-likeness (QED) is 0.119. The Kier molecular flexibility index (Phi) is 9.11. The average molecular weight is 601 g/mol. The molecule has 15 heteroatoms. The van der Waals surface area contributed by atoms with Crippen LogP contribution in [-0.2, 0) is 32.3 Å². The van der Waals surface area contributed by atoms with Crippen molar-refractivity contribution in [2.24, 2.45) is 5.92 Å². The molecule has 2 aromatic carbocycles. The lowest BCUT2D eigenvalue weighted by molar-refractivity contribution is -0.385. The fourth-order valence-corrected chi connectivity index (χ4v) is 5.79. The number of esters is 1. The predicted octanol–water partition coefficient (Wildman–Crippen LogP) is 3.42. The van der Waals surface area contributed by atoms with Gasteiger partial charge in [0.25, 0.3) is 11.4 Å². The van der Waals surface area contributed by atoms with Crippen LogP contribution in [0, 0.1) is 26.1 Å². The molecule has 2 N–H and O–H groups in total. The number of carbonyl (C=O) groups excluding carboxylic acids is 3. The Balaban J connectivity index is 1.34. The SMILES string of the molecule is CC(C)(O)[C@@H]1C(=O)N2C(C(=O)OCc3ccc([N+](=O)[O-])cc3)=C(SCCNC(=O)OCc3ccc([N+](=O)[O-])cc3)C[C@@H]12. The molecule has 2 aliphatic rings. The Labute approximate surface area is 244 Å². The van der Waals surface area contributed by atoms with Gasteiger partial charge >= 0.3 is 12.1 Å². The summed E-state index contributed by atoms with van der Waals surface area (Å²) >= 11 is 1.26. The zero-order valence-corrected chi connectivity index (χ0v) is 23.5. The molecule has 222 valence electrons. The number of aliphatic hydroxyl groups is 1. The lowest BCUT2D eigenvalue weighted by atomic mass is 9.76. The number of alkyl carbamates (subject to hydrolysis) is 1. The van der Waals surface area contributed by atoms with E-state index in [1.807, 2.05) is 0 Å². The fourth-order valence-electron chi connectivity index (χ4n) is 4.74. The molecular weight excluding hydrogens is 572 g/mol. The van der Waals surface area contributed by atoms with E-state index in [9.17, 15) is 39.7 Å². The molecule has 2 aliphatic heterocycles. The second-order valence-electron chi connectivity index (χ2n) is 10.2. The number of amides is 2. The van der Waals surface area contributed by atoms with E-state index >= 15 is 0 Å². The van der Waals surface area contributed by atoms with Crippen LogP contribution in [0.4, 0.5) is 16.2 Å². The molecule has 0 bridgehead atoms. The molecule has 0 saturated carbocycles. The monoisotopic (exact) mass is 600 g/mol. The van der Waals surface area contributed by atoms with Gasteiger partial charge in [-0.15, -0.1) is 11.8 Å². The first kappa shape index (κ1) is 30.5. The smallest absolute Gasteiger partial charge is 0.407 e. The summed E-state index contributed by atoms with van der Waals surface area (Å²) in [6.07, 6.45) is -0.365. The van der Waals surface area contributed by atoms with Gasteiger partial charge in [-0.25, -0.2) is 9.59 Å². The van der Waals surface area contributed by atoms with Crippen molar-refractivity contribution in [1.29, 1.82) is 0 Å². The van der Waals surface area contributed by atoms with Crippen molar-refractivity contribution in [3.8, 4) is 0 Å². The topological polar surface area (TPSA) is 191 Å². The number of ether oxygens (including phenoxy) is 2. The molecule has 0 aromatic heterocycles. The van der Waals surface area contributed by atoms with Crippen LogP contribution in [0.15, 0.2) is 59.1 Å². The summed E-state index contributed by atoms with van der Waals surface area (Å²) in [7, 11) is 0. The Morgan fingerprint density at radius 1 is 1.00 bits per heavy atom. The molecule has 4 rings (SSSR count). The van der Waals surface area contributed by atoms with Crippen LogP contribution < -0.4 is 5.32 Å². The fraction of sp³-hybridized carbons (Fsp3) is 0.370. The third-order valence-electron chi connectivity index (χ3n) is 6.76. The summed E-state index contributed by atoms with van der Waals surface area (Å²) in [6, 6.07) is 10.7. The standard InChI is InChI=1S/C27H28N4O10S/c1-27(2,35)22-20-13-21(42-12-11-28-26(34)41-15-17-5-9-19(10-6-17)31(38)39)23(29(20)24(22)32)25(33)40-14-16-3-7-18(8-4-16)30(36)37/h3-10,20,22,35H,11-15H2,1-2H3,(H,28,34)/t20-,22-/m0/s1. The largest absolute Gasteiger partial charge is 0.456 e. The summed E-state index contributed by atoms with van der Waals surface area (Å²) < 4.78 is 10.6. The Hall–Kier alpha value is -4.50. The number of hydrogen-bond donors (Lipinski definition) is 2. The maximum atomic E-state index is 13.1. The second kappa shape index (κ2) is 12.6. The number of nitrogens with one attached hydrogen (secondary N) is 1. The van der Waals surface area contributed by atoms with Crippen LogP contribution in [0.2, 0.25) is 0 Å². The zero-order valence-electron chi connectivity index (χ0n) is 22.7. The first-order chi connectivity index (χ1) is 19.9. The maximum absolute atomic E-state index is 13.1.